The predicted octanol–water partition coefficient (Wildman–Crippen LogP) is 3.44. The number of hydrogen-bond donors (Lipinski definition) is 1. The van der Waals surface area contributed by atoms with Gasteiger partial charge >= 0.3 is 0 Å². The molecule has 1 N–H and O–H groups in total. The van der Waals surface area contributed by atoms with Crippen molar-refractivity contribution >= 4 is 11.3 Å². The van der Waals surface area contributed by atoms with Crippen LogP contribution in [0.15, 0.2) is 24.5 Å². The highest BCUT2D eigenvalue weighted by atomic mass is 32.1. The first-order chi connectivity index (χ1) is 9.06. The quantitative estimate of drug-likeness (QED) is 0.908. The van der Waals surface area contributed by atoms with Gasteiger partial charge in [-0.1, -0.05) is 0 Å². The van der Waals surface area contributed by atoms with Crippen molar-refractivity contribution in [3.05, 3.63) is 45.7 Å². The zero-order valence-electron chi connectivity index (χ0n) is 12.0. The van der Waals surface area contributed by atoms with Gasteiger partial charge in [-0.2, -0.15) is 0 Å². The van der Waals surface area contributed by atoms with Crippen LogP contribution in [0.5, 0.6) is 0 Å². The van der Waals surface area contributed by atoms with Crippen LogP contribution in [0.1, 0.15) is 41.0 Å². The smallest absolute Gasteiger partial charge is 0.0782 e. The Labute approximate surface area is 119 Å². The van der Waals surface area contributed by atoms with E-state index in [1.54, 1.807) is 12.4 Å². The number of rotatable bonds is 5. The topological polar surface area (TPSA) is 37.8 Å². The molecule has 0 aliphatic carbocycles. The van der Waals surface area contributed by atoms with E-state index in [0.29, 0.717) is 6.04 Å². The van der Waals surface area contributed by atoms with Crippen molar-refractivity contribution in [3.8, 4) is 0 Å². The van der Waals surface area contributed by atoms with E-state index in [2.05, 4.69) is 48.2 Å². The lowest BCUT2D eigenvalue weighted by atomic mass is 10.1. The van der Waals surface area contributed by atoms with Crippen molar-refractivity contribution in [2.75, 3.05) is 0 Å². The van der Waals surface area contributed by atoms with E-state index in [1.807, 2.05) is 18.3 Å². The van der Waals surface area contributed by atoms with Gasteiger partial charge in [-0.3, -0.25) is 9.97 Å². The lowest BCUT2D eigenvalue weighted by molar-refractivity contribution is 0.469. The zero-order valence-corrected chi connectivity index (χ0v) is 12.8. The summed E-state index contributed by atoms with van der Waals surface area (Å²) in [7, 11) is 0. The second kappa shape index (κ2) is 6.26. The summed E-state index contributed by atoms with van der Waals surface area (Å²) >= 11 is 1.87. The molecular weight excluding hydrogens is 254 g/mol. The van der Waals surface area contributed by atoms with Crippen molar-refractivity contribution < 1.29 is 0 Å². The third kappa shape index (κ3) is 3.85. The van der Waals surface area contributed by atoms with E-state index in [9.17, 15) is 0 Å². The maximum atomic E-state index is 4.42. The van der Waals surface area contributed by atoms with E-state index in [1.165, 1.54) is 9.75 Å². The molecule has 0 aliphatic heterocycles. The average Bonchev–Trinajstić information content (AvgIpc) is 2.74. The molecule has 0 amide bonds. The van der Waals surface area contributed by atoms with Gasteiger partial charge in [-0.05, 0) is 46.2 Å². The fourth-order valence-corrected chi connectivity index (χ4v) is 3.32. The summed E-state index contributed by atoms with van der Waals surface area (Å²) in [6, 6.07) is 5.05. The summed E-state index contributed by atoms with van der Waals surface area (Å²) in [5, 5.41) is 3.60. The molecule has 4 heteroatoms. The third-order valence-electron chi connectivity index (χ3n) is 3.17. The molecule has 0 saturated heterocycles. The monoisotopic (exact) mass is 275 g/mol. The summed E-state index contributed by atoms with van der Waals surface area (Å²) in [4.78, 5) is 11.5. The first-order valence-corrected chi connectivity index (χ1v) is 7.46. The molecule has 3 nitrogen and oxygen atoms in total. The minimum absolute atomic E-state index is 0.227. The molecule has 19 heavy (non-hydrogen) atoms. The zero-order chi connectivity index (χ0) is 13.8. The standard InChI is InChI=1S/C15H21N3S/c1-10(9-14-6-5-11(2)19-14)18-13(4)15-12(3)16-7-8-17-15/h5-8,10,13,18H,9H2,1-4H3. The van der Waals surface area contributed by atoms with E-state index < -0.39 is 0 Å². The van der Waals surface area contributed by atoms with E-state index in [4.69, 9.17) is 0 Å². The van der Waals surface area contributed by atoms with Crippen LogP contribution in [0.2, 0.25) is 0 Å². The maximum absolute atomic E-state index is 4.42. The molecule has 0 aromatic carbocycles. The van der Waals surface area contributed by atoms with Crippen molar-refractivity contribution in [2.24, 2.45) is 0 Å². The number of aryl methyl sites for hydroxylation is 2. The molecule has 0 bridgehead atoms. The van der Waals surface area contributed by atoms with Gasteiger partial charge < -0.3 is 5.32 Å². The third-order valence-corrected chi connectivity index (χ3v) is 4.19. The Morgan fingerprint density at radius 2 is 1.89 bits per heavy atom. The van der Waals surface area contributed by atoms with Crippen LogP contribution in [0.4, 0.5) is 0 Å². The van der Waals surface area contributed by atoms with E-state index >= 15 is 0 Å². The first kappa shape index (κ1) is 14.2. The average molecular weight is 275 g/mol. The number of aromatic nitrogens is 2. The Bertz CT molecular complexity index is 536. The van der Waals surface area contributed by atoms with E-state index in [0.717, 1.165) is 17.8 Å². The van der Waals surface area contributed by atoms with Gasteiger partial charge in [-0.25, -0.2) is 0 Å². The molecule has 2 rings (SSSR count). The summed E-state index contributed by atoms with van der Waals surface area (Å²) in [5.74, 6) is 0. The molecule has 0 spiro atoms. The van der Waals surface area contributed by atoms with Gasteiger partial charge in [0.2, 0.25) is 0 Å². The van der Waals surface area contributed by atoms with Crippen LogP contribution in [-0.4, -0.2) is 16.0 Å². The second-order valence-electron chi connectivity index (χ2n) is 5.03. The van der Waals surface area contributed by atoms with E-state index in [-0.39, 0.29) is 6.04 Å². The SMILES string of the molecule is Cc1ccc(CC(C)NC(C)c2nccnc2C)s1. The number of thiophene rings is 1. The van der Waals surface area contributed by atoms with Crippen molar-refractivity contribution in [1.82, 2.24) is 15.3 Å². The fourth-order valence-electron chi connectivity index (χ4n) is 2.30. The van der Waals surface area contributed by atoms with Gasteiger partial charge in [0.25, 0.3) is 0 Å². The van der Waals surface area contributed by atoms with Crippen LogP contribution >= 0.6 is 11.3 Å². The lowest BCUT2D eigenvalue weighted by Crippen LogP contribution is -2.31. The van der Waals surface area contributed by atoms with Gasteiger partial charge in [0, 0.05) is 34.2 Å². The molecule has 2 aromatic rings. The van der Waals surface area contributed by atoms with Crippen LogP contribution in [0, 0.1) is 13.8 Å². The largest absolute Gasteiger partial charge is 0.306 e. The molecule has 0 aliphatic rings. The minimum Gasteiger partial charge on any atom is -0.306 e. The Morgan fingerprint density at radius 3 is 2.53 bits per heavy atom. The van der Waals surface area contributed by atoms with Gasteiger partial charge in [0.1, 0.15) is 0 Å². The van der Waals surface area contributed by atoms with Crippen molar-refractivity contribution in [1.29, 1.82) is 0 Å². The fraction of sp³-hybridized carbons (Fsp3) is 0.467. The summed E-state index contributed by atoms with van der Waals surface area (Å²) in [6.07, 6.45) is 4.55. The number of nitrogens with one attached hydrogen (secondary N) is 1. The highest BCUT2D eigenvalue weighted by molar-refractivity contribution is 7.11. The molecular formula is C15H21N3S. The molecule has 102 valence electrons. The molecule has 2 aromatic heterocycles. The van der Waals surface area contributed by atoms with Crippen molar-refractivity contribution in [2.45, 2.75) is 46.2 Å². The number of hydrogen-bond acceptors (Lipinski definition) is 4. The minimum atomic E-state index is 0.227. The van der Waals surface area contributed by atoms with Crippen LogP contribution in [-0.2, 0) is 6.42 Å². The summed E-state index contributed by atoms with van der Waals surface area (Å²) < 4.78 is 0. The summed E-state index contributed by atoms with van der Waals surface area (Å²) in [5.41, 5.74) is 2.04. The molecule has 2 atom stereocenters. The highest BCUT2D eigenvalue weighted by Gasteiger charge is 2.14. The summed E-state index contributed by atoms with van der Waals surface area (Å²) in [6.45, 7) is 8.52. The van der Waals surface area contributed by atoms with Gasteiger partial charge in [-0.15, -0.1) is 11.3 Å². The van der Waals surface area contributed by atoms with Gasteiger partial charge in [0.05, 0.1) is 11.4 Å². The predicted molar refractivity (Wildman–Crippen MR) is 80.5 cm³/mol. The molecule has 0 radical (unpaired) electrons. The van der Waals surface area contributed by atoms with Gasteiger partial charge in [0.15, 0.2) is 0 Å². The Balaban J connectivity index is 1.95. The second-order valence-corrected chi connectivity index (χ2v) is 6.41. The lowest BCUT2D eigenvalue weighted by Gasteiger charge is -2.20. The normalized spacial score (nSPS) is 14.3. The Kier molecular flexibility index (Phi) is 4.66. The maximum Gasteiger partial charge on any atom is 0.0782 e. The molecule has 0 fully saturated rings. The Morgan fingerprint density at radius 1 is 1.16 bits per heavy atom. The van der Waals surface area contributed by atoms with Crippen molar-refractivity contribution in [3.63, 3.8) is 0 Å². The highest BCUT2D eigenvalue weighted by Crippen LogP contribution is 2.18. The molecule has 2 heterocycles. The number of nitrogens with zero attached hydrogens (tertiary/aromatic N) is 2. The first-order valence-electron chi connectivity index (χ1n) is 6.65. The molecule has 0 saturated carbocycles. The van der Waals surface area contributed by atoms with Crippen LogP contribution in [0.25, 0.3) is 0 Å². The molecule has 2 unspecified atom stereocenters. The van der Waals surface area contributed by atoms with Crippen LogP contribution in [0.3, 0.4) is 0 Å². The Hall–Kier alpha value is -1.26. The van der Waals surface area contributed by atoms with Crippen LogP contribution < -0.4 is 5.32 Å².